The van der Waals surface area contributed by atoms with Gasteiger partial charge in [-0.2, -0.15) is 0 Å². The molecule has 0 aliphatic rings. The van der Waals surface area contributed by atoms with E-state index in [2.05, 4.69) is 12.1 Å². The Kier molecular flexibility index (Phi) is 0.833. The van der Waals surface area contributed by atoms with Gasteiger partial charge in [0, 0.05) is 24.0 Å². The number of hydrogen-bond acceptors (Lipinski definition) is 0. The van der Waals surface area contributed by atoms with E-state index in [0.29, 0.717) is 0 Å². The summed E-state index contributed by atoms with van der Waals surface area (Å²) >= 11 is 0. The van der Waals surface area contributed by atoms with Crippen molar-refractivity contribution in [3.05, 3.63) is 42.7 Å². The number of pyridine rings is 1. The number of aromatic nitrogens is 1. The number of nitrogens with zero attached hydrogens (tertiary/aromatic N) is 1. The molecule has 1 nitrogen and oxygen atoms in total. The van der Waals surface area contributed by atoms with Gasteiger partial charge in [-0.25, -0.2) is 0 Å². The molecule has 2 rings (SSSR count). The predicted molar refractivity (Wildman–Crippen MR) is 35.1 cm³/mol. The highest BCUT2D eigenvalue weighted by Gasteiger charge is 1.84. The first kappa shape index (κ1) is 4.62. The first-order valence-corrected chi connectivity index (χ1v) is 2.81. The van der Waals surface area contributed by atoms with Crippen LogP contribution in [0.5, 0.6) is 0 Å². The molecular formula is C8H5N. The fourth-order valence-electron chi connectivity index (χ4n) is 0.855. The number of rotatable bonds is 0. The van der Waals surface area contributed by atoms with Crippen molar-refractivity contribution in [2.24, 2.45) is 0 Å². The van der Waals surface area contributed by atoms with Gasteiger partial charge < -0.3 is 4.40 Å². The maximum atomic E-state index is 2.98. The summed E-state index contributed by atoms with van der Waals surface area (Å²) in [6.45, 7) is 0. The topological polar surface area (TPSA) is 4.41 Å². The molecule has 2 heterocycles. The maximum Gasteiger partial charge on any atom is 0.0456 e. The Bertz CT molecular complexity index is 279. The van der Waals surface area contributed by atoms with Gasteiger partial charge in [0.05, 0.1) is 0 Å². The molecule has 2 aromatic heterocycles. The molecule has 0 bridgehead atoms. The Morgan fingerprint density at radius 2 is 2.11 bits per heavy atom. The monoisotopic (exact) mass is 115 g/mol. The molecule has 1 heteroatoms. The third kappa shape index (κ3) is 0.617. The van der Waals surface area contributed by atoms with Crippen molar-refractivity contribution in [3.8, 4) is 0 Å². The lowest BCUT2D eigenvalue weighted by Crippen LogP contribution is -1.76. The smallest absolute Gasteiger partial charge is 0.0456 e. The molecule has 0 N–H and O–H groups in total. The quantitative estimate of drug-likeness (QED) is 0.490. The summed E-state index contributed by atoms with van der Waals surface area (Å²) in [5.41, 5.74) is 1.16. The second-order valence-corrected chi connectivity index (χ2v) is 1.90. The second-order valence-electron chi connectivity index (χ2n) is 1.90. The van der Waals surface area contributed by atoms with Crippen LogP contribution in [0.3, 0.4) is 0 Å². The molecular weight excluding hydrogens is 110 g/mol. The van der Waals surface area contributed by atoms with E-state index in [1.165, 1.54) is 0 Å². The molecule has 2 aromatic rings. The third-order valence-corrected chi connectivity index (χ3v) is 1.31. The van der Waals surface area contributed by atoms with Gasteiger partial charge in [-0.15, -0.1) is 0 Å². The number of fused-ring (bicyclic) bond motifs is 1. The summed E-state index contributed by atoms with van der Waals surface area (Å²) in [4.78, 5) is 0. The average Bonchev–Trinajstić information content (AvgIpc) is 2.33. The van der Waals surface area contributed by atoms with Crippen LogP contribution in [-0.2, 0) is 0 Å². The van der Waals surface area contributed by atoms with Gasteiger partial charge in [-0.1, -0.05) is 6.07 Å². The van der Waals surface area contributed by atoms with E-state index in [0.717, 1.165) is 5.52 Å². The highest BCUT2D eigenvalue weighted by Crippen LogP contribution is 2.00. The molecule has 9 heavy (non-hydrogen) atoms. The summed E-state index contributed by atoms with van der Waals surface area (Å²) in [5.74, 6) is 0. The van der Waals surface area contributed by atoms with E-state index < -0.39 is 0 Å². The summed E-state index contributed by atoms with van der Waals surface area (Å²) < 4.78 is 1.97. The Hall–Kier alpha value is -1.24. The molecule has 0 amide bonds. The first-order chi connectivity index (χ1) is 4.47. The van der Waals surface area contributed by atoms with E-state index in [1.54, 1.807) is 0 Å². The highest BCUT2D eigenvalue weighted by molar-refractivity contribution is 5.45. The molecule has 0 saturated carbocycles. The highest BCUT2D eigenvalue weighted by atomic mass is 14.8. The van der Waals surface area contributed by atoms with Gasteiger partial charge in [0.25, 0.3) is 0 Å². The summed E-state index contributed by atoms with van der Waals surface area (Å²) in [6.07, 6.45) is 3.76. The molecule has 2 radical (unpaired) electrons. The third-order valence-electron chi connectivity index (χ3n) is 1.31. The van der Waals surface area contributed by atoms with Crippen LogP contribution >= 0.6 is 0 Å². The van der Waals surface area contributed by atoms with Crippen molar-refractivity contribution >= 4 is 5.52 Å². The minimum absolute atomic E-state index is 1.16. The van der Waals surface area contributed by atoms with Crippen LogP contribution in [0.15, 0.2) is 30.6 Å². The molecule has 42 valence electrons. The van der Waals surface area contributed by atoms with Crippen molar-refractivity contribution in [1.82, 2.24) is 4.40 Å². The predicted octanol–water partition coefficient (Wildman–Crippen LogP) is 1.54. The summed E-state index contributed by atoms with van der Waals surface area (Å²) in [5, 5.41) is 0. The van der Waals surface area contributed by atoms with Crippen LogP contribution < -0.4 is 0 Å². The van der Waals surface area contributed by atoms with Gasteiger partial charge >= 0.3 is 0 Å². The number of hydrogen-bond donors (Lipinski definition) is 0. The van der Waals surface area contributed by atoms with Crippen LogP contribution in [0.2, 0.25) is 0 Å². The van der Waals surface area contributed by atoms with Crippen LogP contribution in [0.1, 0.15) is 0 Å². The fraction of sp³-hybridized carbons (Fsp3) is 0. The van der Waals surface area contributed by atoms with Crippen molar-refractivity contribution in [2.45, 2.75) is 0 Å². The van der Waals surface area contributed by atoms with Gasteiger partial charge in [0.1, 0.15) is 0 Å². The van der Waals surface area contributed by atoms with E-state index in [-0.39, 0.29) is 0 Å². The zero-order valence-electron chi connectivity index (χ0n) is 4.83. The Morgan fingerprint density at radius 3 is 3.00 bits per heavy atom. The zero-order valence-corrected chi connectivity index (χ0v) is 4.83. The normalized spacial score (nSPS) is 10.2. The summed E-state index contributed by atoms with van der Waals surface area (Å²) in [7, 11) is 0. The van der Waals surface area contributed by atoms with Crippen LogP contribution in [0.4, 0.5) is 0 Å². The minimum Gasteiger partial charge on any atom is -0.323 e. The van der Waals surface area contributed by atoms with Crippen LogP contribution in [-0.4, -0.2) is 4.40 Å². The van der Waals surface area contributed by atoms with Gasteiger partial charge in [-0.3, -0.25) is 0 Å². The van der Waals surface area contributed by atoms with Crippen molar-refractivity contribution in [3.63, 3.8) is 0 Å². The molecule has 0 aliphatic carbocycles. The van der Waals surface area contributed by atoms with Gasteiger partial charge in [0.15, 0.2) is 0 Å². The van der Waals surface area contributed by atoms with Crippen LogP contribution in [0, 0.1) is 12.1 Å². The lowest BCUT2D eigenvalue weighted by atomic mass is 10.4. The Labute approximate surface area is 53.5 Å². The lowest BCUT2D eigenvalue weighted by Gasteiger charge is -1.87. The molecule has 0 saturated heterocycles. The van der Waals surface area contributed by atoms with Crippen molar-refractivity contribution in [2.75, 3.05) is 0 Å². The molecule has 0 atom stereocenters. The zero-order chi connectivity index (χ0) is 6.10. The molecule has 0 spiro atoms. The summed E-state index contributed by atoms with van der Waals surface area (Å²) in [6, 6.07) is 11.8. The minimum atomic E-state index is 1.16. The van der Waals surface area contributed by atoms with E-state index in [1.807, 2.05) is 35.0 Å². The van der Waals surface area contributed by atoms with Gasteiger partial charge in [0.2, 0.25) is 0 Å². The van der Waals surface area contributed by atoms with Crippen LogP contribution in [0.25, 0.3) is 5.52 Å². The lowest BCUT2D eigenvalue weighted by molar-refractivity contribution is 1.19. The molecule has 0 unspecified atom stereocenters. The van der Waals surface area contributed by atoms with E-state index >= 15 is 0 Å². The average molecular weight is 115 g/mol. The molecule has 0 aliphatic heterocycles. The second kappa shape index (κ2) is 1.62. The SMILES string of the molecule is [c]1ccc2c[c]cn2c1. The first-order valence-electron chi connectivity index (χ1n) is 2.81. The van der Waals surface area contributed by atoms with Gasteiger partial charge in [-0.05, 0) is 18.2 Å². The standard InChI is InChI=1S/C8H5N/c1-2-6-9-7-3-5-8(9)4-1/h1,4-7H. The van der Waals surface area contributed by atoms with E-state index in [9.17, 15) is 0 Å². The molecule has 0 aromatic carbocycles. The Morgan fingerprint density at radius 1 is 1.22 bits per heavy atom. The van der Waals surface area contributed by atoms with Crippen molar-refractivity contribution < 1.29 is 0 Å². The Balaban J connectivity index is 2.95. The maximum absolute atomic E-state index is 2.98. The largest absolute Gasteiger partial charge is 0.323 e. The van der Waals surface area contributed by atoms with Crippen molar-refractivity contribution in [1.29, 1.82) is 0 Å². The van der Waals surface area contributed by atoms with E-state index in [4.69, 9.17) is 0 Å². The molecule has 0 fully saturated rings. The fourth-order valence-corrected chi connectivity index (χ4v) is 0.855.